The minimum Gasteiger partial charge on any atom is -0.398 e. The first-order chi connectivity index (χ1) is 8.64. The predicted octanol–water partition coefficient (Wildman–Crippen LogP) is 2.71. The standard InChI is InChI=1S/C12H17BClF2NO2/c1-11(2)12(3,4)19-13(18-11)8-5-6-9(14)17(8)7-10(15)16/h5-6,10H,7H2,1-4H3. The number of halogens is 3. The van der Waals surface area contributed by atoms with Crippen LogP contribution in [-0.4, -0.2) is 29.3 Å². The molecule has 7 heteroatoms. The molecule has 2 rings (SSSR count). The fourth-order valence-corrected chi connectivity index (χ4v) is 2.19. The fraction of sp³-hybridized carbons (Fsp3) is 0.667. The van der Waals surface area contributed by atoms with Crippen molar-refractivity contribution < 1.29 is 18.1 Å². The molecule has 0 saturated carbocycles. The van der Waals surface area contributed by atoms with Gasteiger partial charge in [-0.25, -0.2) is 8.78 Å². The van der Waals surface area contributed by atoms with Crippen LogP contribution in [0.3, 0.4) is 0 Å². The minimum absolute atomic E-state index is 0.255. The molecule has 1 aromatic heterocycles. The third kappa shape index (κ3) is 2.66. The van der Waals surface area contributed by atoms with E-state index in [1.165, 1.54) is 4.57 Å². The Balaban J connectivity index is 2.30. The maximum absolute atomic E-state index is 12.6. The van der Waals surface area contributed by atoms with Crippen LogP contribution < -0.4 is 5.59 Å². The van der Waals surface area contributed by atoms with E-state index in [4.69, 9.17) is 20.9 Å². The summed E-state index contributed by atoms with van der Waals surface area (Å²) in [5.41, 5.74) is -0.502. The van der Waals surface area contributed by atoms with E-state index in [2.05, 4.69) is 0 Å². The smallest absolute Gasteiger partial charge is 0.398 e. The first-order valence-corrected chi connectivity index (χ1v) is 6.50. The molecular weight excluding hydrogens is 274 g/mol. The van der Waals surface area contributed by atoms with Gasteiger partial charge in [-0.3, -0.25) is 0 Å². The van der Waals surface area contributed by atoms with Gasteiger partial charge in [0.2, 0.25) is 0 Å². The molecule has 2 heterocycles. The molecule has 0 spiro atoms. The molecule has 0 unspecified atom stereocenters. The zero-order valence-corrected chi connectivity index (χ0v) is 12.2. The molecule has 1 aromatic rings. The van der Waals surface area contributed by atoms with Crippen LogP contribution in [0.4, 0.5) is 8.78 Å². The van der Waals surface area contributed by atoms with Crippen molar-refractivity contribution in [2.45, 2.75) is 51.9 Å². The van der Waals surface area contributed by atoms with Crippen LogP contribution >= 0.6 is 11.6 Å². The molecule has 0 aromatic carbocycles. The van der Waals surface area contributed by atoms with Crippen molar-refractivity contribution >= 4 is 24.3 Å². The summed E-state index contributed by atoms with van der Waals surface area (Å²) < 4.78 is 38.2. The van der Waals surface area contributed by atoms with Gasteiger partial charge < -0.3 is 13.9 Å². The van der Waals surface area contributed by atoms with Gasteiger partial charge in [0, 0.05) is 5.59 Å². The number of nitrogens with zero attached hydrogens (tertiary/aromatic N) is 1. The number of hydrogen-bond donors (Lipinski definition) is 0. The zero-order valence-electron chi connectivity index (χ0n) is 11.4. The quantitative estimate of drug-likeness (QED) is 0.799. The average molecular weight is 292 g/mol. The Labute approximate surface area is 117 Å². The van der Waals surface area contributed by atoms with Crippen molar-refractivity contribution in [3.8, 4) is 0 Å². The number of rotatable bonds is 3. The normalized spacial score (nSPS) is 21.4. The molecule has 1 aliphatic heterocycles. The van der Waals surface area contributed by atoms with Gasteiger partial charge in [-0.05, 0) is 39.8 Å². The van der Waals surface area contributed by atoms with Crippen LogP contribution in [0.25, 0.3) is 0 Å². The molecule has 0 bridgehead atoms. The molecule has 19 heavy (non-hydrogen) atoms. The fourth-order valence-electron chi connectivity index (χ4n) is 1.96. The lowest BCUT2D eigenvalue weighted by atomic mass is 9.84. The first kappa shape index (κ1) is 14.8. The van der Waals surface area contributed by atoms with E-state index in [0.717, 1.165) is 0 Å². The topological polar surface area (TPSA) is 23.4 Å². The summed E-state index contributed by atoms with van der Waals surface area (Å²) in [6.07, 6.45) is -2.48. The van der Waals surface area contributed by atoms with Crippen LogP contribution in [0, 0.1) is 0 Å². The Kier molecular flexibility index (Phi) is 3.71. The van der Waals surface area contributed by atoms with Gasteiger partial charge in [0.15, 0.2) is 0 Å². The Bertz CT molecular complexity index is 460. The van der Waals surface area contributed by atoms with Gasteiger partial charge in [0.05, 0.1) is 17.7 Å². The van der Waals surface area contributed by atoms with Gasteiger partial charge in [-0.1, -0.05) is 11.6 Å². The van der Waals surface area contributed by atoms with E-state index in [0.29, 0.717) is 5.59 Å². The molecule has 0 atom stereocenters. The second kappa shape index (κ2) is 4.75. The van der Waals surface area contributed by atoms with Crippen molar-refractivity contribution in [1.82, 2.24) is 4.57 Å². The Morgan fingerprint density at radius 3 is 2.21 bits per heavy atom. The summed E-state index contributed by atoms with van der Waals surface area (Å²) in [6.45, 7) is 7.18. The lowest BCUT2D eigenvalue weighted by Gasteiger charge is -2.32. The highest BCUT2D eigenvalue weighted by atomic mass is 35.5. The van der Waals surface area contributed by atoms with Gasteiger partial charge in [0.1, 0.15) is 5.15 Å². The highest BCUT2D eigenvalue weighted by Gasteiger charge is 2.52. The average Bonchev–Trinajstić information content (AvgIpc) is 2.67. The maximum atomic E-state index is 12.6. The highest BCUT2D eigenvalue weighted by Crippen LogP contribution is 2.36. The third-order valence-electron chi connectivity index (χ3n) is 3.78. The summed E-state index contributed by atoms with van der Waals surface area (Å²) >= 11 is 5.93. The van der Waals surface area contributed by atoms with E-state index < -0.39 is 31.3 Å². The van der Waals surface area contributed by atoms with Crippen molar-refractivity contribution in [3.05, 3.63) is 17.3 Å². The summed E-state index contributed by atoms with van der Waals surface area (Å²) in [5, 5.41) is 0.255. The SMILES string of the molecule is CC1(C)OB(c2ccc(Cl)n2CC(F)F)OC1(C)C. The molecular formula is C12H17BClF2NO2. The first-order valence-electron chi connectivity index (χ1n) is 6.13. The van der Waals surface area contributed by atoms with Crippen molar-refractivity contribution in [2.75, 3.05) is 0 Å². The second-order valence-corrected chi connectivity index (χ2v) is 6.06. The summed E-state index contributed by atoms with van der Waals surface area (Å²) in [5.74, 6) is 0. The van der Waals surface area contributed by atoms with Crippen LogP contribution in [-0.2, 0) is 15.9 Å². The predicted molar refractivity (Wildman–Crippen MR) is 71.2 cm³/mol. The van der Waals surface area contributed by atoms with Crippen molar-refractivity contribution in [3.63, 3.8) is 0 Å². The van der Waals surface area contributed by atoms with E-state index in [1.807, 2.05) is 27.7 Å². The van der Waals surface area contributed by atoms with Crippen molar-refractivity contribution in [2.24, 2.45) is 0 Å². The number of aromatic nitrogens is 1. The minimum atomic E-state index is -2.48. The molecule has 0 amide bonds. The Morgan fingerprint density at radius 2 is 1.74 bits per heavy atom. The monoisotopic (exact) mass is 291 g/mol. The third-order valence-corrected chi connectivity index (χ3v) is 4.11. The molecule has 0 aliphatic carbocycles. The molecule has 0 radical (unpaired) electrons. The lowest BCUT2D eigenvalue weighted by Crippen LogP contribution is -2.41. The van der Waals surface area contributed by atoms with Gasteiger partial charge in [-0.15, -0.1) is 0 Å². The number of hydrogen-bond acceptors (Lipinski definition) is 2. The molecule has 1 fully saturated rings. The van der Waals surface area contributed by atoms with Crippen LogP contribution in [0.15, 0.2) is 12.1 Å². The highest BCUT2D eigenvalue weighted by molar-refractivity contribution is 6.61. The Morgan fingerprint density at radius 1 is 1.21 bits per heavy atom. The molecule has 0 N–H and O–H groups in total. The zero-order chi connectivity index (χ0) is 14.4. The van der Waals surface area contributed by atoms with E-state index >= 15 is 0 Å². The van der Waals surface area contributed by atoms with Gasteiger partial charge >= 0.3 is 7.12 Å². The van der Waals surface area contributed by atoms with Crippen molar-refractivity contribution in [1.29, 1.82) is 0 Å². The molecule has 1 saturated heterocycles. The van der Waals surface area contributed by atoms with E-state index in [-0.39, 0.29) is 5.15 Å². The molecule has 1 aliphatic rings. The lowest BCUT2D eigenvalue weighted by molar-refractivity contribution is 0.00578. The van der Waals surface area contributed by atoms with Crippen LogP contribution in [0.1, 0.15) is 27.7 Å². The van der Waals surface area contributed by atoms with Crippen LogP contribution in [0.5, 0.6) is 0 Å². The van der Waals surface area contributed by atoms with Crippen LogP contribution in [0.2, 0.25) is 5.15 Å². The van der Waals surface area contributed by atoms with E-state index in [9.17, 15) is 8.78 Å². The molecule has 3 nitrogen and oxygen atoms in total. The van der Waals surface area contributed by atoms with Gasteiger partial charge in [0.25, 0.3) is 6.43 Å². The summed E-state index contributed by atoms with van der Waals surface area (Å²) in [6, 6.07) is 3.23. The summed E-state index contributed by atoms with van der Waals surface area (Å²) in [7, 11) is -0.684. The second-order valence-electron chi connectivity index (χ2n) is 5.67. The largest absolute Gasteiger partial charge is 0.512 e. The maximum Gasteiger partial charge on any atom is 0.512 e. The van der Waals surface area contributed by atoms with Gasteiger partial charge in [-0.2, -0.15) is 0 Å². The number of alkyl halides is 2. The summed E-state index contributed by atoms with van der Waals surface area (Å²) in [4.78, 5) is 0. The Hall–Kier alpha value is -0.585. The molecule has 106 valence electrons. The van der Waals surface area contributed by atoms with E-state index in [1.54, 1.807) is 12.1 Å².